The SMILES string of the molecule is Cc1cnc(-c2cccc(-c3nccc(C)n3)c2)cn1. The molecule has 0 aliphatic carbocycles. The van der Waals surface area contributed by atoms with Crippen LogP contribution in [-0.2, 0) is 0 Å². The Labute approximate surface area is 117 Å². The largest absolute Gasteiger partial charge is 0.258 e. The van der Waals surface area contributed by atoms with Gasteiger partial charge in [-0.05, 0) is 26.0 Å². The highest BCUT2D eigenvalue weighted by molar-refractivity contribution is 5.67. The van der Waals surface area contributed by atoms with Crippen molar-refractivity contribution < 1.29 is 0 Å². The Balaban J connectivity index is 2.03. The van der Waals surface area contributed by atoms with Crippen LogP contribution in [0.2, 0.25) is 0 Å². The van der Waals surface area contributed by atoms with Gasteiger partial charge < -0.3 is 0 Å². The van der Waals surface area contributed by atoms with E-state index in [0.29, 0.717) is 0 Å². The third kappa shape index (κ3) is 2.54. The molecule has 0 radical (unpaired) electrons. The van der Waals surface area contributed by atoms with Crippen molar-refractivity contribution in [2.75, 3.05) is 0 Å². The summed E-state index contributed by atoms with van der Waals surface area (Å²) in [6.45, 7) is 3.88. The molecule has 0 unspecified atom stereocenters. The van der Waals surface area contributed by atoms with E-state index in [4.69, 9.17) is 0 Å². The van der Waals surface area contributed by atoms with Crippen LogP contribution in [0, 0.1) is 13.8 Å². The Morgan fingerprint density at radius 3 is 2.40 bits per heavy atom. The molecule has 4 heteroatoms. The van der Waals surface area contributed by atoms with Crippen LogP contribution in [-0.4, -0.2) is 19.9 Å². The van der Waals surface area contributed by atoms with Crippen molar-refractivity contribution in [3.63, 3.8) is 0 Å². The Morgan fingerprint density at radius 1 is 0.800 bits per heavy atom. The van der Waals surface area contributed by atoms with Crippen molar-refractivity contribution >= 4 is 0 Å². The van der Waals surface area contributed by atoms with Crippen LogP contribution < -0.4 is 0 Å². The van der Waals surface area contributed by atoms with Gasteiger partial charge in [-0.3, -0.25) is 9.97 Å². The molecule has 3 aromatic rings. The van der Waals surface area contributed by atoms with E-state index in [2.05, 4.69) is 19.9 Å². The molecule has 1 aromatic carbocycles. The van der Waals surface area contributed by atoms with Crippen LogP contribution in [0.25, 0.3) is 22.6 Å². The smallest absolute Gasteiger partial charge is 0.159 e. The quantitative estimate of drug-likeness (QED) is 0.711. The van der Waals surface area contributed by atoms with Crippen LogP contribution in [0.5, 0.6) is 0 Å². The zero-order valence-corrected chi connectivity index (χ0v) is 11.4. The van der Waals surface area contributed by atoms with Crippen LogP contribution in [0.1, 0.15) is 11.4 Å². The summed E-state index contributed by atoms with van der Waals surface area (Å²) in [5.41, 5.74) is 4.71. The molecule has 0 bridgehead atoms. The Morgan fingerprint density at radius 2 is 1.65 bits per heavy atom. The fourth-order valence-corrected chi connectivity index (χ4v) is 1.95. The maximum Gasteiger partial charge on any atom is 0.159 e. The van der Waals surface area contributed by atoms with Crippen molar-refractivity contribution in [1.29, 1.82) is 0 Å². The molecule has 0 aliphatic rings. The first-order valence-electron chi connectivity index (χ1n) is 6.41. The third-order valence-corrected chi connectivity index (χ3v) is 2.99. The molecular weight excluding hydrogens is 248 g/mol. The van der Waals surface area contributed by atoms with Gasteiger partial charge in [0.15, 0.2) is 5.82 Å². The van der Waals surface area contributed by atoms with Gasteiger partial charge in [0.2, 0.25) is 0 Å². The average Bonchev–Trinajstić information content (AvgIpc) is 2.48. The van der Waals surface area contributed by atoms with Crippen LogP contribution in [0.3, 0.4) is 0 Å². The molecule has 0 atom stereocenters. The number of hydrogen-bond acceptors (Lipinski definition) is 4. The van der Waals surface area contributed by atoms with E-state index in [0.717, 1.165) is 34.0 Å². The van der Waals surface area contributed by atoms with E-state index in [1.165, 1.54) is 0 Å². The lowest BCUT2D eigenvalue weighted by atomic mass is 10.1. The summed E-state index contributed by atoms with van der Waals surface area (Å²) in [7, 11) is 0. The lowest BCUT2D eigenvalue weighted by molar-refractivity contribution is 1.11. The predicted molar refractivity (Wildman–Crippen MR) is 78.0 cm³/mol. The summed E-state index contributed by atoms with van der Waals surface area (Å²) >= 11 is 0. The number of rotatable bonds is 2. The Bertz CT molecular complexity index is 735. The Kier molecular flexibility index (Phi) is 3.21. The highest BCUT2D eigenvalue weighted by Crippen LogP contribution is 2.22. The van der Waals surface area contributed by atoms with E-state index in [-0.39, 0.29) is 0 Å². The maximum absolute atomic E-state index is 4.45. The van der Waals surface area contributed by atoms with Crippen molar-refractivity contribution in [3.8, 4) is 22.6 Å². The molecule has 4 nitrogen and oxygen atoms in total. The normalized spacial score (nSPS) is 10.5. The second kappa shape index (κ2) is 5.17. The van der Waals surface area contributed by atoms with Crippen molar-refractivity contribution in [2.24, 2.45) is 0 Å². The molecular formula is C16H14N4. The first-order valence-corrected chi connectivity index (χ1v) is 6.41. The van der Waals surface area contributed by atoms with Gasteiger partial charge in [-0.2, -0.15) is 0 Å². The van der Waals surface area contributed by atoms with Gasteiger partial charge in [-0.25, -0.2) is 9.97 Å². The van der Waals surface area contributed by atoms with Gasteiger partial charge in [0.25, 0.3) is 0 Å². The number of aromatic nitrogens is 4. The molecule has 3 rings (SSSR count). The fraction of sp³-hybridized carbons (Fsp3) is 0.125. The van der Waals surface area contributed by atoms with E-state index >= 15 is 0 Å². The van der Waals surface area contributed by atoms with E-state index in [1.807, 2.05) is 44.2 Å². The van der Waals surface area contributed by atoms with Gasteiger partial charge in [-0.15, -0.1) is 0 Å². The molecule has 0 saturated heterocycles. The summed E-state index contributed by atoms with van der Waals surface area (Å²) < 4.78 is 0. The van der Waals surface area contributed by atoms with Crippen LogP contribution in [0.15, 0.2) is 48.9 Å². The molecule has 0 amide bonds. The summed E-state index contributed by atoms with van der Waals surface area (Å²) in [6, 6.07) is 9.92. The standard InChI is InChI=1S/C16H14N4/c1-11-6-7-17-16(20-11)14-5-3-4-13(8-14)15-10-18-12(2)9-19-15/h3-10H,1-2H3. The summed E-state index contributed by atoms with van der Waals surface area (Å²) in [5, 5.41) is 0. The monoisotopic (exact) mass is 262 g/mol. The molecule has 0 spiro atoms. The fourth-order valence-electron chi connectivity index (χ4n) is 1.95. The Hall–Kier alpha value is -2.62. The van der Waals surface area contributed by atoms with Crippen LogP contribution in [0.4, 0.5) is 0 Å². The average molecular weight is 262 g/mol. The zero-order valence-electron chi connectivity index (χ0n) is 11.4. The molecule has 2 heterocycles. The lowest BCUT2D eigenvalue weighted by Crippen LogP contribution is -1.92. The molecule has 0 aliphatic heterocycles. The number of nitrogens with zero attached hydrogens (tertiary/aromatic N) is 4. The van der Waals surface area contributed by atoms with Gasteiger partial charge >= 0.3 is 0 Å². The van der Waals surface area contributed by atoms with Crippen molar-refractivity contribution in [1.82, 2.24) is 19.9 Å². The van der Waals surface area contributed by atoms with Crippen LogP contribution >= 0.6 is 0 Å². The predicted octanol–water partition coefficient (Wildman–Crippen LogP) is 3.22. The highest BCUT2D eigenvalue weighted by atomic mass is 14.9. The van der Waals surface area contributed by atoms with Gasteiger partial charge in [-0.1, -0.05) is 18.2 Å². The van der Waals surface area contributed by atoms with E-state index in [9.17, 15) is 0 Å². The molecule has 0 fully saturated rings. The minimum atomic E-state index is 0.729. The molecule has 0 N–H and O–H groups in total. The first kappa shape index (κ1) is 12.4. The number of hydrogen-bond donors (Lipinski definition) is 0. The zero-order chi connectivity index (χ0) is 13.9. The summed E-state index contributed by atoms with van der Waals surface area (Å²) in [5.74, 6) is 0.729. The second-order valence-electron chi connectivity index (χ2n) is 4.65. The first-order chi connectivity index (χ1) is 9.72. The van der Waals surface area contributed by atoms with Gasteiger partial charge in [0, 0.05) is 29.2 Å². The van der Waals surface area contributed by atoms with Crippen molar-refractivity contribution in [3.05, 3.63) is 60.3 Å². The molecule has 0 saturated carbocycles. The van der Waals surface area contributed by atoms with Gasteiger partial charge in [0.05, 0.1) is 17.6 Å². The summed E-state index contributed by atoms with van der Waals surface area (Å²) in [6.07, 6.45) is 5.33. The second-order valence-corrected chi connectivity index (χ2v) is 4.65. The molecule has 98 valence electrons. The van der Waals surface area contributed by atoms with E-state index in [1.54, 1.807) is 18.6 Å². The lowest BCUT2D eigenvalue weighted by Gasteiger charge is -2.04. The third-order valence-electron chi connectivity index (χ3n) is 2.99. The van der Waals surface area contributed by atoms with E-state index < -0.39 is 0 Å². The van der Waals surface area contributed by atoms with Gasteiger partial charge in [0.1, 0.15) is 0 Å². The number of benzene rings is 1. The molecule has 2 aromatic heterocycles. The number of aryl methyl sites for hydroxylation is 2. The topological polar surface area (TPSA) is 51.6 Å². The molecule has 20 heavy (non-hydrogen) atoms. The highest BCUT2D eigenvalue weighted by Gasteiger charge is 2.05. The summed E-state index contributed by atoms with van der Waals surface area (Å²) in [4.78, 5) is 17.4. The van der Waals surface area contributed by atoms with Crippen molar-refractivity contribution in [2.45, 2.75) is 13.8 Å². The minimum Gasteiger partial charge on any atom is -0.258 e. The maximum atomic E-state index is 4.45. The minimum absolute atomic E-state index is 0.729.